The van der Waals surface area contributed by atoms with Gasteiger partial charge in [-0.15, -0.1) is 0 Å². The summed E-state index contributed by atoms with van der Waals surface area (Å²) in [6.07, 6.45) is -0.252. The van der Waals surface area contributed by atoms with E-state index in [9.17, 15) is 14.0 Å². The lowest BCUT2D eigenvalue weighted by molar-refractivity contribution is -0.0107. The van der Waals surface area contributed by atoms with E-state index >= 15 is 8.78 Å². The molecular weight excluding hydrogens is 787 g/mol. The molecule has 0 spiro atoms. The van der Waals surface area contributed by atoms with Crippen molar-refractivity contribution in [1.29, 1.82) is 0 Å². The van der Waals surface area contributed by atoms with Crippen molar-refractivity contribution in [3.8, 4) is 17.1 Å². The summed E-state index contributed by atoms with van der Waals surface area (Å²) < 4.78 is 70.7. The molecule has 4 aliphatic heterocycles. The Hall–Kier alpha value is -4.19. The number of rotatable bonds is 6. The van der Waals surface area contributed by atoms with Crippen LogP contribution in [0, 0.1) is 11.6 Å². The number of hydrogen-bond donors (Lipinski definition) is 1. The van der Waals surface area contributed by atoms with Crippen LogP contribution in [0.25, 0.3) is 32.2 Å². The Labute approximate surface area is 336 Å². The van der Waals surface area contributed by atoms with Crippen LogP contribution in [0.3, 0.4) is 0 Å². The van der Waals surface area contributed by atoms with Crippen molar-refractivity contribution in [2.75, 3.05) is 56.2 Å². The standard InChI is InChI=1S/C39H45ClF3N7O6S/c1-37(2,3)55-35(51)47-34-45-30-23(8-9-26(42)31(30)57-34)27-25(40)12-24-29(28(27)43)44-33(54-19-39-10-7-11-49(39)14-20(41)13-39)46-32(24)50-21-15-48(16-22(50)18-53-17-21)36(52)56-38(4,5)6/h8-9,12,20-22H,7,10-11,13-19H2,1-6H3,(H,45,47,51)/t20-,21-,22+,39+/m1/s1. The van der Waals surface area contributed by atoms with E-state index in [2.05, 4.69) is 20.2 Å². The van der Waals surface area contributed by atoms with Gasteiger partial charge in [-0.1, -0.05) is 22.9 Å². The molecular formula is C39H45ClF3N7O6S. The average molecular weight is 832 g/mol. The summed E-state index contributed by atoms with van der Waals surface area (Å²) in [6.45, 7) is 12.7. The molecule has 0 saturated carbocycles. The highest BCUT2D eigenvalue weighted by Crippen LogP contribution is 2.45. The number of ether oxygens (including phenoxy) is 4. The first-order chi connectivity index (χ1) is 26.9. The van der Waals surface area contributed by atoms with E-state index < -0.39 is 58.8 Å². The van der Waals surface area contributed by atoms with Gasteiger partial charge in [-0.05, 0) is 79.1 Å². The number of benzene rings is 2. The van der Waals surface area contributed by atoms with Gasteiger partial charge in [-0.3, -0.25) is 10.2 Å². The van der Waals surface area contributed by atoms with Gasteiger partial charge in [-0.25, -0.2) is 27.7 Å². The zero-order chi connectivity index (χ0) is 40.6. The second-order valence-electron chi connectivity index (χ2n) is 17.2. The van der Waals surface area contributed by atoms with Gasteiger partial charge in [-0.2, -0.15) is 9.97 Å². The fourth-order valence-electron chi connectivity index (χ4n) is 8.42. The monoisotopic (exact) mass is 831 g/mol. The average Bonchev–Trinajstić information content (AvgIpc) is 3.78. The summed E-state index contributed by atoms with van der Waals surface area (Å²) in [5.74, 6) is -1.11. The number of halogens is 4. The molecule has 6 heterocycles. The number of anilines is 2. The Morgan fingerprint density at radius 2 is 1.74 bits per heavy atom. The molecule has 2 aromatic heterocycles. The van der Waals surface area contributed by atoms with E-state index in [0.29, 0.717) is 18.8 Å². The fraction of sp³-hybridized carbons (Fsp3) is 0.564. The fourth-order valence-corrected chi connectivity index (χ4v) is 9.60. The minimum Gasteiger partial charge on any atom is -0.461 e. The first-order valence-corrected chi connectivity index (χ1v) is 20.2. The number of aromatic nitrogens is 3. The third-order valence-corrected chi connectivity index (χ3v) is 11.9. The summed E-state index contributed by atoms with van der Waals surface area (Å²) >= 11 is 7.85. The van der Waals surface area contributed by atoms with Gasteiger partial charge in [0.15, 0.2) is 10.9 Å². The number of fused-ring (bicyclic) bond motifs is 5. The van der Waals surface area contributed by atoms with Crippen molar-refractivity contribution in [3.63, 3.8) is 0 Å². The number of hydrogen-bond acceptors (Lipinski definition) is 12. The van der Waals surface area contributed by atoms with Crippen LogP contribution in [0.15, 0.2) is 18.2 Å². The number of nitrogens with zero attached hydrogens (tertiary/aromatic N) is 6. The Bertz CT molecular complexity index is 2240. The number of piperazine rings is 1. The predicted molar refractivity (Wildman–Crippen MR) is 210 cm³/mol. The molecule has 2 aromatic carbocycles. The summed E-state index contributed by atoms with van der Waals surface area (Å²) in [6, 6.07) is 3.23. The number of carbonyl (C=O) groups is 2. The van der Waals surface area contributed by atoms with Gasteiger partial charge in [0, 0.05) is 42.6 Å². The molecule has 0 radical (unpaired) electrons. The van der Waals surface area contributed by atoms with Crippen molar-refractivity contribution >= 4 is 67.2 Å². The molecule has 4 atom stereocenters. The Kier molecular flexibility index (Phi) is 10.1. The maximum Gasteiger partial charge on any atom is 0.413 e. The zero-order valence-corrected chi connectivity index (χ0v) is 34.2. The molecule has 57 heavy (non-hydrogen) atoms. The molecule has 8 rings (SSSR count). The Morgan fingerprint density at radius 1 is 1.02 bits per heavy atom. The third-order valence-electron chi connectivity index (χ3n) is 10.6. The molecule has 4 saturated heterocycles. The third kappa shape index (κ3) is 7.75. The molecule has 306 valence electrons. The quantitative estimate of drug-likeness (QED) is 0.203. The summed E-state index contributed by atoms with van der Waals surface area (Å²) in [5, 5.41) is 2.85. The van der Waals surface area contributed by atoms with E-state index in [1.807, 2.05) is 4.90 Å². The smallest absolute Gasteiger partial charge is 0.413 e. The van der Waals surface area contributed by atoms with Gasteiger partial charge in [0.05, 0.1) is 46.1 Å². The maximum absolute atomic E-state index is 17.4. The van der Waals surface area contributed by atoms with E-state index in [4.69, 9.17) is 35.5 Å². The summed E-state index contributed by atoms with van der Waals surface area (Å²) in [7, 11) is 0. The molecule has 13 nitrogen and oxygen atoms in total. The lowest BCUT2D eigenvalue weighted by Gasteiger charge is -2.50. The van der Waals surface area contributed by atoms with Gasteiger partial charge < -0.3 is 28.7 Å². The van der Waals surface area contributed by atoms with Crippen molar-refractivity contribution < 1.29 is 41.7 Å². The largest absolute Gasteiger partial charge is 0.461 e. The summed E-state index contributed by atoms with van der Waals surface area (Å²) in [4.78, 5) is 45.5. The van der Waals surface area contributed by atoms with Crippen LogP contribution in [0.5, 0.6) is 6.01 Å². The Morgan fingerprint density at radius 3 is 2.44 bits per heavy atom. The molecule has 2 bridgehead atoms. The van der Waals surface area contributed by atoms with E-state index in [1.165, 1.54) is 12.1 Å². The molecule has 0 aliphatic carbocycles. The van der Waals surface area contributed by atoms with Crippen LogP contribution >= 0.6 is 22.9 Å². The first-order valence-electron chi connectivity index (χ1n) is 19.0. The number of nitrogens with one attached hydrogen (secondary N) is 1. The van der Waals surface area contributed by atoms with Crippen molar-refractivity contribution in [2.45, 2.75) is 95.8 Å². The highest BCUT2D eigenvalue weighted by atomic mass is 35.5. The SMILES string of the molecule is CC(C)(C)OC(=O)Nc1nc2c(-c3c(Cl)cc4c(N5[C@@H]6COC[C@H]5CN(C(=O)OC(C)(C)C)C6)nc(OC[C@@]56CCCN5C[C@H](F)C6)nc4c3F)ccc(F)c2s1. The lowest BCUT2D eigenvalue weighted by Crippen LogP contribution is -2.66. The number of thiazole rings is 1. The molecule has 18 heteroatoms. The number of carbonyl (C=O) groups excluding carboxylic acids is 2. The lowest BCUT2D eigenvalue weighted by atomic mass is 9.95. The molecule has 2 amide bonds. The van der Waals surface area contributed by atoms with Crippen LogP contribution in [0.1, 0.15) is 60.8 Å². The van der Waals surface area contributed by atoms with Gasteiger partial charge in [0.1, 0.15) is 41.1 Å². The van der Waals surface area contributed by atoms with Gasteiger partial charge >= 0.3 is 18.2 Å². The van der Waals surface area contributed by atoms with Gasteiger partial charge in [0.2, 0.25) is 0 Å². The normalized spacial score (nSPS) is 23.9. The van der Waals surface area contributed by atoms with E-state index in [0.717, 1.165) is 30.7 Å². The highest BCUT2D eigenvalue weighted by Gasteiger charge is 2.50. The molecule has 4 fully saturated rings. The second-order valence-corrected chi connectivity index (χ2v) is 18.6. The van der Waals surface area contributed by atoms with Gasteiger partial charge in [0.25, 0.3) is 0 Å². The number of alkyl halides is 1. The number of amides is 2. The van der Waals surface area contributed by atoms with Crippen LogP contribution < -0.4 is 15.0 Å². The number of morpholine rings is 1. The van der Waals surface area contributed by atoms with Crippen LogP contribution in [0.2, 0.25) is 5.02 Å². The maximum atomic E-state index is 17.4. The predicted octanol–water partition coefficient (Wildman–Crippen LogP) is 7.96. The van der Waals surface area contributed by atoms with Crippen LogP contribution in [-0.2, 0) is 14.2 Å². The first kappa shape index (κ1) is 39.6. The van der Waals surface area contributed by atoms with Crippen molar-refractivity contribution in [3.05, 3.63) is 34.9 Å². The van der Waals surface area contributed by atoms with E-state index in [-0.39, 0.29) is 81.3 Å². The van der Waals surface area contributed by atoms with Crippen LogP contribution in [-0.4, -0.2) is 118 Å². The van der Waals surface area contributed by atoms with Crippen molar-refractivity contribution in [2.24, 2.45) is 0 Å². The zero-order valence-electron chi connectivity index (χ0n) is 32.6. The molecule has 4 aliphatic rings. The minimum atomic E-state index is -0.983. The van der Waals surface area contributed by atoms with Crippen LogP contribution in [0.4, 0.5) is 33.7 Å². The minimum absolute atomic E-state index is 0.0182. The second kappa shape index (κ2) is 14.6. The topological polar surface area (TPSA) is 131 Å². The molecule has 4 aromatic rings. The summed E-state index contributed by atoms with van der Waals surface area (Å²) in [5.41, 5.74) is -1.97. The Balaban J connectivity index is 1.22. The van der Waals surface area contributed by atoms with E-state index in [1.54, 1.807) is 52.5 Å². The highest BCUT2D eigenvalue weighted by molar-refractivity contribution is 7.22. The molecule has 1 N–H and O–H groups in total. The molecule has 0 unspecified atom stereocenters. The van der Waals surface area contributed by atoms with Crippen molar-refractivity contribution in [1.82, 2.24) is 24.8 Å².